The fourth-order valence-corrected chi connectivity index (χ4v) is 4.93. The zero-order valence-electron chi connectivity index (χ0n) is 16.0. The molecule has 2 aromatic heterocycles. The number of anilines is 1. The van der Waals surface area contributed by atoms with Crippen LogP contribution in [-0.4, -0.2) is 52.7 Å². The SMILES string of the molecule is Cc1cc(Cl)cc(O)c1-c1ccc2oc(N3CC[C@H]4CCN(C)C[C@H]43)nc2n1. The molecule has 2 saturated heterocycles. The number of pyridine rings is 1. The summed E-state index contributed by atoms with van der Waals surface area (Å²) < 4.78 is 6.06. The Morgan fingerprint density at radius 1 is 1.18 bits per heavy atom. The Labute approximate surface area is 168 Å². The molecule has 2 fully saturated rings. The van der Waals surface area contributed by atoms with Gasteiger partial charge in [-0.15, -0.1) is 0 Å². The van der Waals surface area contributed by atoms with Gasteiger partial charge in [0.2, 0.25) is 5.65 Å². The van der Waals surface area contributed by atoms with E-state index in [2.05, 4.69) is 21.8 Å². The smallest absolute Gasteiger partial charge is 0.300 e. The first-order chi connectivity index (χ1) is 13.5. The minimum Gasteiger partial charge on any atom is -0.507 e. The first-order valence-corrected chi connectivity index (χ1v) is 10.1. The highest BCUT2D eigenvalue weighted by Gasteiger charge is 2.39. The highest BCUT2D eigenvalue weighted by Crippen LogP contribution is 2.37. The lowest BCUT2D eigenvalue weighted by Gasteiger charge is -2.35. The van der Waals surface area contributed by atoms with Crippen LogP contribution in [0.1, 0.15) is 18.4 Å². The molecule has 0 amide bonds. The Bertz CT molecular complexity index is 1030. The lowest BCUT2D eigenvalue weighted by atomic mass is 9.93. The maximum absolute atomic E-state index is 10.3. The summed E-state index contributed by atoms with van der Waals surface area (Å²) in [6.07, 6.45) is 2.42. The Balaban J connectivity index is 1.51. The van der Waals surface area contributed by atoms with Crippen molar-refractivity contribution in [1.29, 1.82) is 0 Å². The number of oxazole rings is 1. The molecule has 0 aliphatic carbocycles. The predicted molar refractivity (Wildman–Crippen MR) is 110 cm³/mol. The molecule has 4 heterocycles. The molecule has 1 aromatic carbocycles. The van der Waals surface area contributed by atoms with Crippen LogP contribution in [0.25, 0.3) is 22.5 Å². The largest absolute Gasteiger partial charge is 0.507 e. The van der Waals surface area contributed by atoms with Crippen molar-refractivity contribution < 1.29 is 9.52 Å². The summed E-state index contributed by atoms with van der Waals surface area (Å²) in [6, 6.07) is 8.19. The topological polar surface area (TPSA) is 65.6 Å². The fourth-order valence-electron chi connectivity index (χ4n) is 4.66. The maximum Gasteiger partial charge on any atom is 0.300 e. The van der Waals surface area contributed by atoms with E-state index < -0.39 is 0 Å². The van der Waals surface area contributed by atoms with Crippen LogP contribution in [0.2, 0.25) is 5.02 Å². The van der Waals surface area contributed by atoms with Crippen molar-refractivity contribution in [3.63, 3.8) is 0 Å². The maximum atomic E-state index is 10.3. The first-order valence-electron chi connectivity index (χ1n) is 9.72. The van der Waals surface area contributed by atoms with Crippen LogP contribution in [0.5, 0.6) is 5.75 Å². The monoisotopic (exact) mass is 398 g/mol. The van der Waals surface area contributed by atoms with Gasteiger partial charge < -0.3 is 19.3 Å². The van der Waals surface area contributed by atoms with Gasteiger partial charge in [0, 0.05) is 29.7 Å². The third kappa shape index (κ3) is 2.91. The van der Waals surface area contributed by atoms with E-state index in [4.69, 9.17) is 21.0 Å². The summed E-state index contributed by atoms with van der Waals surface area (Å²) in [6.45, 7) is 5.09. The van der Waals surface area contributed by atoms with Gasteiger partial charge in [-0.2, -0.15) is 4.98 Å². The Morgan fingerprint density at radius 2 is 2.00 bits per heavy atom. The summed E-state index contributed by atoms with van der Waals surface area (Å²) in [5.74, 6) is 0.830. The predicted octanol–water partition coefficient (Wildman–Crippen LogP) is 4.09. The van der Waals surface area contributed by atoms with E-state index in [1.165, 1.54) is 18.9 Å². The number of likely N-dealkylation sites (tertiary alicyclic amines) is 1. The molecule has 0 saturated carbocycles. The normalized spacial score (nSPS) is 22.8. The van der Waals surface area contributed by atoms with Crippen molar-refractivity contribution in [3.05, 3.63) is 34.9 Å². The number of hydrogen-bond acceptors (Lipinski definition) is 6. The average Bonchev–Trinajstić information content (AvgIpc) is 3.23. The van der Waals surface area contributed by atoms with E-state index in [1.54, 1.807) is 0 Å². The number of aromatic nitrogens is 2. The molecule has 6 nitrogen and oxygen atoms in total. The van der Waals surface area contributed by atoms with E-state index in [0.717, 1.165) is 25.2 Å². The summed E-state index contributed by atoms with van der Waals surface area (Å²) in [5, 5.41) is 10.9. The summed E-state index contributed by atoms with van der Waals surface area (Å²) >= 11 is 6.03. The van der Waals surface area contributed by atoms with Crippen LogP contribution in [-0.2, 0) is 0 Å². The number of halogens is 1. The molecule has 146 valence electrons. The molecule has 0 unspecified atom stereocenters. The van der Waals surface area contributed by atoms with Gasteiger partial charge in [0.05, 0.1) is 5.69 Å². The third-order valence-corrected chi connectivity index (χ3v) is 6.31. The number of likely N-dealkylation sites (N-methyl/N-ethyl adjacent to an activating group) is 1. The standard InChI is InChI=1S/C21H23ClN4O2/c1-12-9-14(22)10-17(27)19(12)15-3-4-18-20(23-15)24-21(28-18)26-8-6-13-5-7-25(2)11-16(13)26/h3-4,9-10,13,16,27H,5-8,11H2,1-2H3/t13-,16-/m1/s1. The van der Waals surface area contributed by atoms with Crippen LogP contribution < -0.4 is 4.90 Å². The van der Waals surface area contributed by atoms with Crippen LogP contribution in [0.4, 0.5) is 6.01 Å². The van der Waals surface area contributed by atoms with Gasteiger partial charge in [-0.25, -0.2) is 4.98 Å². The van der Waals surface area contributed by atoms with Crippen LogP contribution >= 0.6 is 11.6 Å². The number of aromatic hydroxyl groups is 1. The zero-order chi connectivity index (χ0) is 19.4. The second kappa shape index (κ2) is 6.64. The Kier molecular flexibility index (Phi) is 4.21. The lowest BCUT2D eigenvalue weighted by Crippen LogP contribution is -2.46. The molecular weight excluding hydrogens is 376 g/mol. The molecule has 2 atom stereocenters. The quantitative estimate of drug-likeness (QED) is 0.701. The molecule has 7 heteroatoms. The van der Waals surface area contributed by atoms with Gasteiger partial charge in [-0.1, -0.05) is 11.6 Å². The minimum atomic E-state index is 0.119. The second-order valence-electron chi connectivity index (χ2n) is 7.99. The lowest BCUT2D eigenvalue weighted by molar-refractivity contribution is 0.206. The Hall–Kier alpha value is -2.31. The molecular formula is C21H23ClN4O2. The number of rotatable bonds is 2. The van der Waals surface area contributed by atoms with E-state index >= 15 is 0 Å². The van der Waals surface area contributed by atoms with Gasteiger partial charge >= 0.3 is 0 Å². The average molecular weight is 399 g/mol. The summed E-state index contributed by atoms with van der Waals surface area (Å²) in [5.41, 5.74) is 3.43. The fraction of sp³-hybridized carbons (Fsp3) is 0.429. The number of benzene rings is 1. The Morgan fingerprint density at radius 3 is 2.82 bits per heavy atom. The highest BCUT2D eigenvalue weighted by molar-refractivity contribution is 6.31. The van der Waals surface area contributed by atoms with Crippen molar-refractivity contribution in [2.45, 2.75) is 25.8 Å². The molecule has 0 radical (unpaired) electrons. The summed E-state index contributed by atoms with van der Waals surface area (Å²) in [7, 11) is 2.17. The number of fused-ring (bicyclic) bond motifs is 2. The van der Waals surface area contributed by atoms with Gasteiger partial charge in [-0.3, -0.25) is 0 Å². The number of aryl methyl sites for hydroxylation is 1. The molecule has 0 bridgehead atoms. The molecule has 3 aromatic rings. The molecule has 28 heavy (non-hydrogen) atoms. The highest BCUT2D eigenvalue weighted by atomic mass is 35.5. The molecule has 2 aliphatic heterocycles. The summed E-state index contributed by atoms with van der Waals surface area (Å²) in [4.78, 5) is 14.0. The number of phenolic OH excluding ortho intramolecular Hbond substituents is 1. The van der Waals surface area contributed by atoms with Gasteiger partial charge in [-0.05, 0) is 69.1 Å². The van der Waals surface area contributed by atoms with Crippen molar-refractivity contribution in [2.24, 2.45) is 5.92 Å². The van der Waals surface area contributed by atoms with Crippen molar-refractivity contribution in [3.8, 4) is 17.0 Å². The van der Waals surface area contributed by atoms with Gasteiger partial charge in [0.25, 0.3) is 6.01 Å². The molecule has 0 spiro atoms. The van der Waals surface area contributed by atoms with E-state index in [9.17, 15) is 5.11 Å². The third-order valence-electron chi connectivity index (χ3n) is 6.09. The van der Waals surface area contributed by atoms with E-state index in [-0.39, 0.29) is 5.75 Å². The van der Waals surface area contributed by atoms with Gasteiger partial charge in [0.15, 0.2) is 5.58 Å². The molecule has 5 rings (SSSR count). The van der Waals surface area contributed by atoms with Crippen molar-refractivity contribution in [1.82, 2.24) is 14.9 Å². The number of phenols is 1. The van der Waals surface area contributed by atoms with Crippen molar-refractivity contribution in [2.75, 3.05) is 31.6 Å². The first kappa shape index (κ1) is 17.8. The number of nitrogens with zero attached hydrogens (tertiary/aromatic N) is 4. The zero-order valence-corrected chi connectivity index (χ0v) is 16.8. The molecule has 1 N–H and O–H groups in total. The van der Waals surface area contributed by atoms with Crippen LogP contribution in [0.3, 0.4) is 0 Å². The van der Waals surface area contributed by atoms with E-state index in [0.29, 0.717) is 45.5 Å². The number of hydrogen-bond donors (Lipinski definition) is 1. The minimum absolute atomic E-state index is 0.119. The van der Waals surface area contributed by atoms with Gasteiger partial charge in [0.1, 0.15) is 5.75 Å². The van der Waals surface area contributed by atoms with Crippen LogP contribution in [0, 0.1) is 12.8 Å². The molecule has 2 aliphatic rings. The second-order valence-corrected chi connectivity index (χ2v) is 8.43. The van der Waals surface area contributed by atoms with E-state index in [1.807, 2.05) is 25.1 Å². The van der Waals surface area contributed by atoms with Crippen LogP contribution in [0.15, 0.2) is 28.7 Å². The number of piperidine rings is 1. The van der Waals surface area contributed by atoms with Crippen molar-refractivity contribution >= 4 is 28.8 Å².